The zero-order valence-corrected chi connectivity index (χ0v) is 13.1. The topological polar surface area (TPSA) is 12.4 Å². The third-order valence-electron chi connectivity index (χ3n) is 3.92. The van der Waals surface area contributed by atoms with Gasteiger partial charge in [-0.2, -0.15) is 0 Å². The lowest BCUT2D eigenvalue weighted by Gasteiger charge is -2.23. The Hall–Kier alpha value is -1.54. The van der Waals surface area contributed by atoms with E-state index in [-0.39, 0.29) is 0 Å². The summed E-state index contributed by atoms with van der Waals surface area (Å²) < 4.78 is 0. The van der Waals surface area contributed by atoms with E-state index >= 15 is 0 Å². The van der Waals surface area contributed by atoms with E-state index in [9.17, 15) is 0 Å². The van der Waals surface area contributed by atoms with E-state index in [0.29, 0.717) is 5.92 Å². The van der Waals surface area contributed by atoms with Crippen molar-refractivity contribution in [2.45, 2.75) is 25.7 Å². The zero-order chi connectivity index (χ0) is 14.3. The first-order chi connectivity index (χ1) is 10.4. The summed E-state index contributed by atoms with van der Waals surface area (Å²) in [5.74, 6) is 1.84. The number of hydrogen-bond donors (Lipinski definition) is 0. The first-order valence-electron chi connectivity index (χ1n) is 7.72. The maximum atomic E-state index is 4.89. The second kappa shape index (κ2) is 7.46. The molecule has 2 aromatic carbocycles. The van der Waals surface area contributed by atoms with Crippen molar-refractivity contribution in [2.24, 2.45) is 10.9 Å². The molecule has 0 spiro atoms. The number of aryl methyl sites for hydroxylation is 1. The van der Waals surface area contributed by atoms with Crippen molar-refractivity contribution in [2.75, 3.05) is 5.75 Å². The molecule has 0 N–H and O–H groups in total. The Kier molecular flexibility index (Phi) is 5.12. The summed E-state index contributed by atoms with van der Waals surface area (Å²) >= 11 is 1.95. The lowest BCUT2D eigenvalue weighted by atomic mass is 9.95. The molecule has 0 radical (unpaired) electrons. The molecule has 0 unspecified atom stereocenters. The highest BCUT2D eigenvalue weighted by atomic mass is 32.2. The van der Waals surface area contributed by atoms with Crippen LogP contribution in [-0.4, -0.2) is 10.8 Å². The van der Waals surface area contributed by atoms with Gasteiger partial charge >= 0.3 is 0 Å². The smallest absolute Gasteiger partial charge is 0.0769 e. The van der Waals surface area contributed by atoms with Gasteiger partial charge in [0, 0.05) is 5.92 Å². The van der Waals surface area contributed by atoms with Crippen molar-refractivity contribution in [3.63, 3.8) is 0 Å². The normalized spacial score (nSPS) is 20.6. The molecular weight excluding hydrogens is 274 g/mol. The molecule has 0 saturated carbocycles. The van der Waals surface area contributed by atoms with Crippen molar-refractivity contribution >= 4 is 22.5 Å². The monoisotopic (exact) mass is 295 g/mol. The summed E-state index contributed by atoms with van der Waals surface area (Å²) in [5.41, 5.74) is 2.53. The Labute approximate surface area is 131 Å². The Balaban J connectivity index is 1.68. The van der Waals surface area contributed by atoms with Gasteiger partial charge in [-0.25, -0.2) is 4.99 Å². The molecular formula is C19H21NS. The van der Waals surface area contributed by atoms with Crippen LogP contribution in [0.5, 0.6) is 0 Å². The molecule has 2 heteroatoms. The third kappa shape index (κ3) is 4.21. The molecule has 1 saturated heterocycles. The molecule has 108 valence electrons. The van der Waals surface area contributed by atoms with Crippen molar-refractivity contribution in [3.8, 4) is 0 Å². The minimum Gasteiger partial charge on any atom is -0.246 e. The summed E-state index contributed by atoms with van der Waals surface area (Å²) in [4.78, 5) is 4.89. The molecule has 21 heavy (non-hydrogen) atoms. The molecule has 3 rings (SSSR count). The summed E-state index contributed by atoms with van der Waals surface area (Å²) in [7, 11) is 0. The first kappa shape index (κ1) is 14.4. The molecule has 2 aromatic rings. The van der Waals surface area contributed by atoms with Crippen LogP contribution in [0.3, 0.4) is 0 Å². The summed E-state index contributed by atoms with van der Waals surface area (Å²) in [6, 6.07) is 21.2. The van der Waals surface area contributed by atoms with Crippen LogP contribution in [0.25, 0.3) is 0 Å². The van der Waals surface area contributed by atoms with Crippen molar-refractivity contribution in [1.29, 1.82) is 0 Å². The van der Waals surface area contributed by atoms with E-state index in [0.717, 1.165) is 12.1 Å². The minimum absolute atomic E-state index is 0.629. The predicted octanol–water partition coefficient (Wildman–Crippen LogP) is 5.49. The van der Waals surface area contributed by atoms with Crippen LogP contribution in [0.1, 0.15) is 24.8 Å². The van der Waals surface area contributed by atoms with E-state index in [1.165, 1.54) is 35.6 Å². The van der Waals surface area contributed by atoms with Gasteiger partial charge in [-0.3, -0.25) is 0 Å². The Morgan fingerprint density at radius 3 is 2.43 bits per heavy atom. The van der Waals surface area contributed by atoms with Crippen molar-refractivity contribution < 1.29 is 0 Å². The number of rotatable bonds is 4. The number of benzene rings is 2. The summed E-state index contributed by atoms with van der Waals surface area (Å²) in [6.45, 7) is 0. The van der Waals surface area contributed by atoms with Gasteiger partial charge in [-0.1, -0.05) is 48.5 Å². The summed E-state index contributed by atoms with van der Waals surface area (Å²) in [6.07, 6.45) is 4.96. The molecule has 1 nitrogen and oxygen atoms in total. The Morgan fingerprint density at radius 1 is 0.952 bits per heavy atom. The van der Waals surface area contributed by atoms with E-state index in [4.69, 9.17) is 4.99 Å². The van der Waals surface area contributed by atoms with Crippen LogP contribution >= 0.6 is 11.8 Å². The molecule has 0 aromatic heterocycles. The zero-order valence-electron chi connectivity index (χ0n) is 12.2. The number of para-hydroxylation sites is 1. The van der Waals surface area contributed by atoms with Gasteiger partial charge in [0.25, 0.3) is 0 Å². The van der Waals surface area contributed by atoms with E-state index in [1.807, 2.05) is 17.8 Å². The molecule has 0 amide bonds. The molecule has 1 heterocycles. The lowest BCUT2D eigenvalue weighted by Crippen LogP contribution is -2.17. The quantitative estimate of drug-likeness (QED) is 0.726. The molecule has 0 bridgehead atoms. The standard InChI is InChI=1S/C19H21NS/c1-3-8-16(9-4-1)13-14-17-10-7-15-21-19(17)20-18-11-5-2-6-12-18/h1-6,8-9,11-12,17H,7,10,13-15H2/t17-/m1/s1. The molecule has 1 fully saturated rings. The highest BCUT2D eigenvalue weighted by molar-refractivity contribution is 8.14. The molecule has 1 aliphatic heterocycles. The van der Waals surface area contributed by atoms with Gasteiger partial charge < -0.3 is 0 Å². The van der Waals surface area contributed by atoms with E-state index in [2.05, 4.69) is 54.6 Å². The largest absolute Gasteiger partial charge is 0.246 e. The molecule has 1 atom stereocenters. The fraction of sp³-hybridized carbons (Fsp3) is 0.316. The average molecular weight is 295 g/mol. The van der Waals surface area contributed by atoms with Crippen LogP contribution in [0.4, 0.5) is 5.69 Å². The molecule has 1 aliphatic rings. The van der Waals surface area contributed by atoms with Crippen LogP contribution in [0, 0.1) is 5.92 Å². The third-order valence-corrected chi connectivity index (χ3v) is 5.13. The van der Waals surface area contributed by atoms with Gasteiger partial charge in [0.1, 0.15) is 0 Å². The second-order valence-electron chi connectivity index (χ2n) is 5.50. The fourth-order valence-corrected chi connectivity index (χ4v) is 3.92. The fourth-order valence-electron chi connectivity index (χ4n) is 2.75. The van der Waals surface area contributed by atoms with Gasteiger partial charge in [0.05, 0.1) is 10.7 Å². The Morgan fingerprint density at radius 2 is 1.67 bits per heavy atom. The van der Waals surface area contributed by atoms with Crippen molar-refractivity contribution in [1.82, 2.24) is 0 Å². The van der Waals surface area contributed by atoms with Crippen LogP contribution in [0.15, 0.2) is 65.7 Å². The maximum Gasteiger partial charge on any atom is 0.0769 e. The predicted molar refractivity (Wildman–Crippen MR) is 93.5 cm³/mol. The second-order valence-corrected chi connectivity index (χ2v) is 6.61. The Bertz CT molecular complexity index is 577. The van der Waals surface area contributed by atoms with Crippen LogP contribution in [0.2, 0.25) is 0 Å². The molecule has 0 aliphatic carbocycles. The van der Waals surface area contributed by atoms with Gasteiger partial charge in [0.15, 0.2) is 0 Å². The maximum absolute atomic E-state index is 4.89. The SMILES string of the molecule is c1ccc(CC[C@H]2CCCSC2=Nc2ccccc2)cc1. The number of aliphatic imine (C=N–C) groups is 1. The van der Waals surface area contributed by atoms with E-state index < -0.39 is 0 Å². The first-order valence-corrected chi connectivity index (χ1v) is 8.71. The minimum atomic E-state index is 0.629. The number of nitrogens with zero attached hydrogens (tertiary/aromatic N) is 1. The van der Waals surface area contributed by atoms with Crippen LogP contribution in [-0.2, 0) is 6.42 Å². The van der Waals surface area contributed by atoms with Gasteiger partial charge in [-0.15, -0.1) is 11.8 Å². The average Bonchev–Trinajstić information content (AvgIpc) is 2.56. The van der Waals surface area contributed by atoms with Gasteiger partial charge in [0.2, 0.25) is 0 Å². The lowest BCUT2D eigenvalue weighted by molar-refractivity contribution is 0.569. The highest BCUT2D eigenvalue weighted by Crippen LogP contribution is 2.31. The van der Waals surface area contributed by atoms with Gasteiger partial charge in [-0.05, 0) is 49.1 Å². The van der Waals surface area contributed by atoms with Crippen molar-refractivity contribution in [3.05, 3.63) is 66.2 Å². The highest BCUT2D eigenvalue weighted by Gasteiger charge is 2.21. The number of hydrogen-bond acceptors (Lipinski definition) is 2. The van der Waals surface area contributed by atoms with Crippen LogP contribution < -0.4 is 0 Å². The summed E-state index contributed by atoms with van der Waals surface area (Å²) in [5, 5.41) is 1.34. The number of thioether (sulfide) groups is 1. The van der Waals surface area contributed by atoms with E-state index in [1.54, 1.807) is 0 Å².